The molecule has 0 saturated carbocycles. The normalized spacial score (nSPS) is 13.6. The maximum atomic E-state index is 12.5. The van der Waals surface area contributed by atoms with Gasteiger partial charge in [0.1, 0.15) is 0 Å². The zero-order chi connectivity index (χ0) is 21.0. The Balaban J connectivity index is 1.21. The van der Waals surface area contributed by atoms with Crippen LogP contribution in [0.2, 0.25) is 0 Å². The lowest BCUT2D eigenvalue weighted by Crippen LogP contribution is -2.19. The third-order valence-corrected chi connectivity index (χ3v) is 7.30. The molecule has 8 heteroatoms. The van der Waals surface area contributed by atoms with Crippen molar-refractivity contribution in [1.29, 1.82) is 0 Å². The van der Waals surface area contributed by atoms with Gasteiger partial charge < -0.3 is 10.2 Å². The lowest BCUT2D eigenvalue weighted by atomic mass is 10.1. The summed E-state index contributed by atoms with van der Waals surface area (Å²) in [6, 6.07) is 19.7. The monoisotopic (exact) mass is 447 g/mol. The predicted molar refractivity (Wildman–Crippen MR) is 128 cm³/mol. The summed E-state index contributed by atoms with van der Waals surface area (Å²) in [4.78, 5) is 19.3. The molecule has 0 atom stereocenters. The molecule has 0 bridgehead atoms. The molecule has 1 fully saturated rings. The number of carbonyl (C=O) groups is 1. The van der Waals surface area contributed by atoms with E-state index in [0.29, 0.717) is 5.75 Å². The lowest BCUT2D eigenvalue weighted by Gasteiger charge is -2.15. The Labute approximate surface area is 188 Å². The molecule has 1 saturated heterocycles. The minimum Gasteiger partial charge on any atom is -0.355 e. The Kier molecular flexibility index (Phi) is 5.82. The third kappa shape index (κ3) is 4.70. The van der Waals surface area contributed by atoms with Crippen LogP contribution in [0.25, 0.3) is 21.5 Å². The van der Waals surface area contributed by atoms with Crippen molar-refractivity contribution in [3.63, 3.8) is 0 Å². The van der Waals surface area contributed by atoms with Crippen LogP contribution in [-0.4, -0.2) is 39.9 Å². The van der Waals surface area contributed by atoms with Gasteiger partial charge in [-0.05, 0) is 49.2 Å². The summed E-state index contributed by atoms with van der Waals surface area (Å²) in [7, 11) is 0. The van der Waals surface area contributed by atoms with Crippen LogP contribution in [0.3, 0.4) is 0 Å². The van der Waals surface area contributed by atoms with Crippen molar-refractivity contribution in [2.24, 2.45) is 0 Å². The first kappa shape index (κ1) is 20.0. The van der Waals surface area contributed by atoms with Crippen molar-refractivity contribution >= 4 is 50.7 Å². The van der Waals surface area contributed by atoms with E-state index in [0.717, 1.165) is 50.4 Å². The first-order valence-corrected chi connectivity index (χ1v) is 12.0. The van der Waals surface area contributed by atoms with Crippen molar-refractivity contribution in [3.8, 4) is 11.3 Å². The first-order chi connectivity index (χ1) is 15.2. The second-order valence-electron chi connectivity index (χ2n) is 7.34. The highest BCUT2D eigenvalue weighted by atomic mass is 32.2. The average Bonchev–Trinajstić information content (AvgIpc) is 3.48. The second kappa shape index (κ2) is 9.03. The number of aromatic nitrogens is 3. The first-order valence-electron chi connectivity index (χ1n) is 10.2. The minimum atomic E-state index is -0.0585. The summed E-state index contributed by atoms with van der Waals surface area (Å²) in [5.74, 6) is 1.18. The summed E-state index contributed by atoms with van der Waals surface area (Å²) in [5.41, 5.74) is 3.44. The number of carbonyl (C=O) groups excluding carboxylic acids is 1. The molecule has 5 rings (SSSR count). The van der Waals surface area contributed by atoms with E-state index in [1.165, 1.54) is 24.6 Å². The number of fused-ring (bicyclic) bond motifs is 1. The zero-order valence-corrected chi connectivity index (χ0v) is 18.5. The number of benzene rings is 2. The Morgan fingerprint density at radius 3 is 2.71 bits per heavy atom. The van der Waals surface area contributed by atoms with E-state index in [1.807, 2.05) is 60.7 Å². The molecule has 2 aromatic carbocycles. The van der Waals surface area contributed by atoms with E-state index in [2.05, 4.69) is 25.4 Å². The average molecular weight is 448 g/mol. The highest BCUT2D eigenvalue weighted by molar-refractivity contribution is 8.01. The van der Waals surface area contributed by atoms with Crippen LogP contribution >= 0.6 is 23.1 Å². The van der Waals surface area contributed by atoms with Gasteiger partial charge in [-0.3, -0.25) is 4.79 Å². The molecule has 2 aromatic heterocycles. The summed E-state index contributed by atoms with van der Waals surface area (Å²) in [5, 5.41) is 11.8. The van der Waals surface area contributed by atoms with E-state index in [-0.39, 0.29) is 5.91 Å². The SMILES string of the molecule is O=C(CSc1nc2ccccc2s1)Nc1cccc(-c2ccc(N3CCCC3)nn2)c1. The van der Waals surface area contributed by atoms with Gasteiger partial charge in [-0.25, -0.2) is 4.98 Å². The third-order valence-electron chi connectivity index (χ3n) is 5.12. The summed E-state index contributed by atoms with van der Waals surface area (Å²) in [6.45, 7) is 2.09. The predicted octanol–water partition coefficient (Wildman–Crippen LogP) is 5.08. The van der Waals surface area contributed by atoms with Crippen LogP contribution in [0.15, 0.2) is 65.0 Å². The number of hydrogen-bond donors (Lipinski definition) is 1. The number of nitrogens with zero attached hydrogens (tertiary/aromatic N) is 4. The lowest BCUT2D eigenvalue weighted by molar-refractivity contribution is -0.113. The van der Waals surface area contributed by atoms with Gasteiger partial charge in [0, 0.05) is 24.3 Å². The van der Waals surface area contributed by atoms with E-state index in [9.17, 15) is 4.79 Å². The zero-order valence-electron chi connectivity index (χ0n) is 16.8. The number of amides is 1. The van der Waals surface area contributed by atoms with Crippen LogP contribution in [0.5, 0.6) is 0 Å². The number of nitrogens with one attached hydrogen (secondary N) is 1. The highest BCUT2D eigenvalue weighted by Crippen LogP contribution is 2.29. The van der Waals surface area contributed by atoms with Crippen LogP contribution in [-0.2, 0) is 4.79 Å². The largest absolute Gasteiger partial charge is 0.355 e. The smallest absolute Gasteiger partial charge is 0.234 e. The van der Waals surface area contributed by atoms with Crippen LogP contribution < -0.4 is 10.2 Å². The minimum absolute atomic E-state index is 0.0585. The molecular formula is C23H21N5OS2. The number of para-hydroxylation sites is 1. The van der Waals surface area contributed by atoms with Crippen molar-refractivity contribution in [2.45, 2.75) is 17.2 Å². The number of thiazole rings is 1. The van der Waals surface area contributed by atoms with Gasteiger partial charge in [0.2, 0.25) is 5.91 Å². The molecule has 1 aliphatic rings. The summed E-state index contributed by atoms with van der Waals surface area (Å²) < 4.78 is 2.04. The van der Waals surface area contributed by atoms with E-state index < -0.39 is 0 Å². The Bertz CT molecular complexity index is 1170. The van der Waals surface area contributed by atoms with E-state index in [1.54, 1.807) is 11.3 Å². The van der Waals surface area contributed by atoms with Gasteiger partial charge in [-0.15, -0.1) is 21.5 Å². The van der Waals surface area contributed by atoms with Gasteiger partial charge in [-0.1, -0.05) is 36.0 Å². The van der Waals surface area contributed by atoms with Crippen molar-refractivity contribution in [2.75, 3.05) is 29.1 Å². The molecule has 156 valence electrons. The maximum Gasteiger partial charge on any atom is 0.234 e. The van der Waals surface area contributed by atoms with Crippen LogP contribution in [0, 0.1) is 0 Å². The number of rotatable bonds is 6. The Morgan fingerprint density at radius 2 is 1.90 bits per heavy atom. The fourth-order valence-electron chi connectivity index (χ4n) is 3.59. The molecule has 0 aliphatic carbocycles. The Morgan fingerprint density at radius 1 is 1.03 bits per heavy atom. The standard InChI is InChI=1S/C23H21N5OS2/c29-22(15-30-23-25-19-8-1-2-9-20(19)31-23)24-17-7-5-6-16(14-17)18-10-11-21(27-26-18)28-12-3-4-13-28/h1-2,5-11,14H,3-4,12-13,15H2,(H,24,29). The fraction of sp³-hybridized carbons (Fsp3) is 0.217. The van der Waals surface area contributed by atoms with Gasteiger partial charge >= 0.3 is 0 Å². The molecule has 4 aromatic rings. The van der Waals surface area contributed by atoms with Crippen molar-refractivity contribution in [3.05, 3.63) is 60.7 Å². The molecule has 6 nitrogen and oxygen atoms in total. The van der Waals surface area contributed by atoms with Gasteiger partial charge in [0.15, 0.2) is 10.2 Å². The topological polar surface area (TPSA) is 71.0 Å². The molecule has 31 heavy (non-hydrogen) atoms. The van der Waals surface area contributed by atoms with Crippen molar-refractivity contribution < 1.29 is 4.79 Å². The molecule has 1 amide bonds. The van der Waals surface area contributed by atoms with E-state index >= 15 is 0 Å². The van der Waals surface area contributed by atoms with Gasteiger partial charge in [-0.2, -0.15) is 0 Å². The molecule has 0 radical (unpaired) electrons. The molecular weight excluding hydrogens is 426 g/mol. The quantitative estimate of drug-likeness (QED) is 0.416. The summed E-state index contributed by atoms with van der Waals surface area (Å²) >= 11 is 3.06. The highest BCUT2D eigenvalue weighted by Gasteiger charge is 2.14. The molecule has 0 spiro atoms. The fourth-order valence-corrected chi connectivity index (χ4v) is 5.46. The van der Waals surface area contributed by atoms with E-state index in [4.69, 9.17) is 0 Å². The molecule has 1 N–H and O–H groups in total. The number of thioether (sulfide) groups is 1. The van der Waals surface area contributed by atoms with Crippen molar-refractivity contribution in [1.82, 2.24) is 15.2 Å². The molecule has 3 heterocycles. The second-order valence-corrected chi connectivity index (χ2v) is 9.59. The molecule has 0 unspecified atom stereocenters. The number of hydrogen-bond acceptors (Lipinski definition) is 7. The van der Waals surface area contributed by atoms with Gasteiger partial charge in [0.05, 0.1) is 21.7 Å². The van der Waals surface area contributed by atoms with Gasteiger partial charge in [0.25, 0.3) is 0 Å². The molecule has 1 aliphatic heterocycles. The van der Waals surface area contributed by atoms with Crippen LogP contribution in [0.1, 0.15) is 12.8 Å². The van der Waals surface area contributed by atoms with Crippen LogP contribution in [0.4, 0.5) is 11.5 Å². The number of anilines is 2. The Hall–Kier alpha value is -2.97. The summed E-state index contributed by atoms with van der Waals surface area (Å²) in [6.07, 6.45) is 2.42. The maximum absolute atomic E-state index is 12.5.